The molecule has 0 aliphatic carbocycles. The van der Waals surface area contributed by atoms with Crippen LogP contribution < -0.4 is 0 Å². The van der Waals surface area contributed by atoms with Crippen LogP contribution in [0, 0.1) is 11.7 Å². The summed E-state index contributed by atoms with van der Waals surface area (Å²) in [6.45, 7) is 2.03. The van der Waals surface area contributed by atoms with E-state index in [9.17, 15) is 0 Å². The Hall–Kier alpha value is -2.60. The zero-order valence-corrected chi connectivity index (χ0v) is 12.2. The number of aryl methyl sites for hydroxylation is 1. The van der Waals surface area contributed by atoms with Crippen LogP contribution in [0.2, 0.25) is 0 Å². The van der Waals surface area contributed by atoms with Crippen LogP contribution in [-0.2, 0) is 0 Å². The second kappa shape index (κ2) is 5.80. The summed E-state index contributed by atoms with van der Waals surface area (Å²) in [6.07, 6.45) is 3.38. The normalized spacial score (nSPS) is 11.1. The first-order valence-corrected chi connectivity index (χ1v) is 6.85. The van der Waals surface area contributed by atoms with Gasteiger partial charge in [-0.1, -0.05) is 30.3 Å². The molecule has 3 rings (SSSR count). The molecule has 0 bridgehead atoms. The van der Waals surface area contributed by atoms with Crippen molar-refractivity contribution in [2.45, 2.75) is 6.92 Å². The van der Waals surface area contributed by atoms with E-state index in [0.29, 0.717) is 10.6 Å². The Kier molecular flexibility index (Phi) is 3.70. The molecule has 6 heteroatoms. The number of aromatic nitrogens is 4. The molecule has 0 amide bonds. The van der Waals surface area contributed by atoms with E-state index >= 15 is 0 Å². The van der Waals surface area contributed by atoms with Gasteiger partial charge in [-0.05, 0) is 36.8 Å². The summed E-state index contributed by atoms with van der Waals surface area (Å²) in [6, 6.07) is 13.6. The van der Waals surface area contributed by atoms with E-state index in [-0.39, 0.29) is 0 Å². The molecule has 0 saturated carbocycles. The number of hydrogen-bond donors (Lipinski definition) is 1. The van der Waals surface area contributed by atoms with Gasteiger partial charge in [0.15, 0.2) is 5.82 Å². The molecule has 3 aromatic rings. The minimum Gasteiger partial charge on any atom is -0.255 e. The maximum Gasteiger partial charge on any atom is 0.216 e. The fourth-order valence-electron chi connectivity index (χ4n) is 1.97. The number of rotatable bonds is 3. The maximum absolute atomic E-state index is 5.24. The van der Waals surface area contributed by atoms with E-state index < -0.39 is 0 Å². The second-order valence-electron chi connectivity index (χ2n) is 4.48. The Bertz CT molecular complexity index is 833. The lowest BCUT2D eigenvalue weighted by Crippen LogP contribution is -1.97. The first kappa shape index (κ1) is 13.4. The molecule has 0 atom stereocenters. The van der Waals surface area contributed by atoms with Crippen LogP contribution in [0.15, 0.2) is 53.8 Å². The molecular weight excluding hydrogens is 282 g/mol. The number of benzene rings is 1. The van der Waals surface area contributed by atoms with E-state index in [1.807, 2.05) is 49.4 Å². The van der Waals surface area contributed by atoms with Crippen molar-refractivity contribution in [1.29, 1.82) is 0 Å². The lowest BCUT2D eigenvalue weighted by molar-refractivity contribution is 0.869. The van der Waals surface area contributed by atoms with Crippen LogP contribution in [0.25, 0.3) is 11.4 Å². The van der Waals surface area contributed by atoms with Gasteiger partial charge in [-0.2, -0.15) is 14.9 Å². The van der Waals surface area contributed by atoms with E-state index in [1.165, 1.54) is 0 Å². The van der Waals surface area contributed by atoms with Crippen LogP contribution in [0.5, 0.6) is 0 Å². The SMILES string of the molecule is Cc1ccccc1-c1n[nH]c(=S)n1/N=C\c1ccccn1. The van der Waals surface area contributed by atoms with Crippen LogP contribution >= 0.6 is 12.2 Å². The zero-order valence-electron chi connectivity index (χ0n) is 11.4. The standard InChI is InChI=1S/C15H13N5S/c1-11-6-2-3-8-13(11)14-18-19-15(21)20(14)17-10-12-7-4-5-9-16-12/h2-10H,1H3,(H,19,21)/b17-10-. The van der Waals surface area contributed by atoms with E-state index in [0.717, 1.165) is 16.8 Å². The molecule has 0 saturated heterocycles. The fourth-order valence-corrected chi connectivity index (χ4v) is 2.15. The molecule has 5 nitrogen and oxygen atoms in total. The maximum atomic E-state index is 5.24. The smallest absolute Gasteiger partial charge is 0.216 e. The number of nitrogens with zero attached hydrogens (tertiary/aromatic N) is 4. The molecule has 104 valence electrons. The molecule has 0 aliphatic heterocycles. The Balaban J connectivity index is 2.05. The summed E-state index contributed by atoms with van der Waals surface area (Å²) in [5.74, 6) is 0.685. The lowest BCUT2D eigenvalue weighted by atomic mass is 10.1. The highest BCUT2D eigenvalue weighted by molar-refractivity contribution is 7.71. The van der Waals surface area contributed by atoms with Crippen molar-refractivity contribution in [3.63, 3.8) is 0 Å². The van der Waals surface area contributed by atoms with Crippen molar-refractivity contribution >= 4 is 18.4 Å². The van der Waals surface area contributed by atoms with Crippen LogP contribution in [0.3, 0.4) is 0 Å². The number of hydrogen-bond acceptors (Lipinski definition) is 4. The minimum atomic E-state index is 0.445. The van der Waals surface area contributed by atoms with Crippen molar-refractivity contribution in [3.8, 4) is 11.4 Å². The Morgan fingerprint density at radius 2 is 2.00 bits per heavy atom. The average Bonchev–Trinajstić information content (AvgIpc) is 2.88. The van der Waals surface area contributed by atoms with Gasteiger partial charge in [0, 0.05) is 11.8 Å². The van der Waals surface area contributed by atoms with Crippen LogP contribution in [-0.4, -0.2) is 26.1 Å². The van der Waals surface area contributed by atoms with Crippen molar-refractivity contribution in [1.82, 2.24) is 19.9 Å². The van der Waals surface area contributed by atoms with E-state index in [2.05, 4.69) is 20.3 Å². The van der Waals surface area contributed by atoms with Crippen molar-refractivity contribution in [2.24, 2.45) is 5.10 Å². The number of H-pyrrole nitrogens is 1. The third-order valence-electron chi connectivity index (χ3n) is 3.03. The molecule has 0 fully saturated rings. The zero-order chi connectivity index (χ0) is 14.7. The summed E-state index contributed by atoms with van der Waals surface area (Å²) in [5.41, 5.74) is 2.86. The molecule has 0 unspecified atom stereocenters. The molecule has 21 heavy (non-hydrogen) atoms. The van der Waals surface area contributed by atoms with E-state index in [1.54, 1.807) is 17.1 Å². The van der Waals surface area contributed by atoms with Crippen molar-refractivity contribution < 1.29 is 0 Å². The van der Waals surface area contributed by atoms with Gasteiger partial charge in [0.05, 0.1) is 11.9 Å². The molecule has 1 aromatic carbocycles. The van der Waals surface area contributed by atoms with Gasteiger partial charge in [0.25, 0.3) is 0 Å². The third-order valence-corrected chi connectivity index (χ3v) is 3.29. The summed E-state index contributed by atoms with van der Waals surface area (Å²) in [5, 5.41) is 11.4. The first-order chi connectivity index (χ1) is 10.3. The lowest BCUT2D eigenvalue weighted by Gasteiger charge is -2.04. The molecule has 0 spiro atoms. The van der Waals surface area contributed by atoms with Gasteiger partial charge in [-0.3, -0.25) is 4.98 Å². The fraction of sp³-hybridized carbons (Fsp3) is 0.0667. The highest BCUT2D eigenvalue weighted by atomic mass is 32.1. The minimum absolute atomic E-state index is 0.445. The number of nitrogens with one attached hydrogen (secondary N) is 1. The monoisotopic (exact) mass is 295 g/mol. The Labute approximate surface area is 127 Å². The van der Waals surface area contributed by atoms with Gasteiger partial charge in [-0.25, -0.2) is 5.10 Å². The highest BCUT2D eigenvalue weighted by Crippen LogP contribution is 2.20. The molecular formula is C15H13N5S. The molecule has 0 aliphatic rings. The van der Waals surface area contributed by atoms with Gasteiger partial charge in [-0.15, -0.1) is 0 Å². The number of pyridine rings is 1. The average molecular weight is 295 g/mol. The Morgan fingerprint density at radius 3 is 2.76 bits per heavy atom. The summed E-state index contributed by atoms with van der Waals surface area (Å²) < 4.78 is 2.05. The van der Waals surface area contributed by atoms with Gasteiger partial charge in [0.1, 0.15) is 0 Å². The molecule has 0 radical (unpaired) electrons. The molecule has 2 heterocycles. The molecule has 1 N–H and O–H groups in total. The quantitative estimate of drug-likeness (QED) is 0.596. The number of aromatic amines is 1. The summed E-state index contributed by atoms with van der Waals surface area (Å²) in [4.78, 5) is 4.20. The Morgan fingerprint density at radius 1 is 1.19 bits per heavy atom. The predicted molar refractivity (Wildman–Crippen MR) is 84.8 cm³/mol. The van der Waals surface area contributed by atoms with Gasteiger partial charge in [0.2, 0.25) is 4.77 Å². The van der Waals surface area contributed by atoms with Crippen molar-refractivity contribution in [3.05, 3.63) is 64.7 Å². The highest BCUT2D eigenvalue weighted by Gasteiger charge is 2.09. The largest absolute Gasteiger partial charge is 0.255 e. The van der Waals surface area contributed by atoms with Crippen LogP contribution in [0.4, 0.5) is 0 Å². The van der Waals surface area contributed by atoms with E-state index in [4.69, 9.17) is 12.2 Å². The summed E-state index contributed by atoms with van der Waals surface area (Å²) in [7, 11) is 0. The third kappa shape index (κ3) is 2.80. The molecule has 2 aromatic heterocycles. The second-order valence-corrected chi connectivity index (χ2v) is 4.86. The van der Waals surface area contributed by atoms with Crippen molar-refractivity contribution in [2.75, 3.05) is 0 Å². The predicted octanol–water partition coefficient (Wildman–Crippen LogP) is 3.19. The topological polar surface area (TPSA) is 58.9 Å². The summed E-state index contributed by atoms with van der Waals surface area (Å²) >= 11 is 5.24. The van der Waals surface area contributed by atoms with Gasteiger partial charge >= 0.3 is 0 Å². The first-order valence-electron chi connectivity index (χ1n) is 6.44. The van der Waals surface area contributed by atoms with Crippen LogP contribution in [0.1, 0.15) is 11.3 Å². The van der Waals surface area contributed by atoms with Gasteiger partial charge < -0.3 is 0 Å².